The van der Waals surface area contributed by atoms with Crippen LogP contribution in [0.4, 0.5) is 0 Å². The van der Waals surface area contributed by atoms with Crippen molar-refractivity contribution in [2.75, 3.05) is 20.6 Å². The quantitative estimate of drug-likeness (QED) is 0.554. The van der Waals surface area contributed by atoms with Crippen molar-refractivity contribution in [2.45, 2.75) is 13.1 Å². The molecule has 0 aliphatic rings. The van der Waals surface area contributed by atoms with E-state index in [1.165, 1.54) is 5.39 Å². The molecular weight excluding hydrogens is 322 g/mol. The fraction of sp³-hybridized carbons (Fsp3) is 0.227. The molecule has 132 valence electrons. The molecular formula is C22H23N3O. The summed E-state index contributed by atoms with van der Waals surface area (Å²) in [6.07, 6.45) is 4.03. The van der Waals surface area contributed by atoms with E-state index in [1.54, 1.807) is 4.57 Å². The second-order valence-corrected chi connectivity index (χ2v) is 7.01. The number of fused-ring (bicyclic) bond motifs is 3. The fourth-order valence-corrected chi connectivity index (χ4v) is 3.47. The summed E-state index contributed by atoms with van der Waals surface area (Å²) in [6, 6.07) is 18.3. The lowest BCUT2D eigenvalue weighted by molar-refractivity contribution is 0.387. The van der Waals surface area contributed by atoms with Crippen molar-refractivity contribution >= 4 is 21.7 Å². The average molecular weight is 345 g/mol. The Kier molecular flexibility index (Phi) is 4.35. The van der Waals surface area contributed by atoms with Crippen LogP contribution in [0.25, 0.3) is 21.7 Å². The third-order valence-electron chi connectivity index (χ3n) is 4.87. The first-order valence-corrected chi connectivity index (χ1v) is 8.93. The van der Waals surface area contributed by atoms with Crippen molar-refractivity contribution in [1.82, 2.24) is 14.0 Å². The summed E-state index contributed by atoms with van der Waals surface area (Å²) in [7, 11) is 4.15. The minimum Gasteiger partial charge on any atom is -0.346 e. The molecule has 0 saturated carbocycles. The zero-order chi connectivity index (χ0) is 18.1. The Hall–Kier alpha value is -2.85. The molecule has 0 saturated heterocycles. The van der Waals surface area contributed by atoms with Gasteiger partial charge in [0.15, 0.2) is 0 Å². The first-order valence-electron chi connectivity index (χ1n) is 8.93. The van der Waals surface area contributed by atoms with Gasteiger partial charge in [-0.25, -0.2) is 0 Å². The van der Waals surface area contributed by atoms with Crippen LogP contribution >= 0.6 is 0 Å². The lowest BCUT2D eigenvalue weighted by atomic mass is 10.1. The Bertz CT molecular complexity index is 1110. The highest BCUT2D eigenvalue weighted by molar-refractivity contribution is 6.05. The molecule has 0 aliphatic heterocycles. The molecule has 2 heterocycles. The van der Waals surface area contributed by atoms with Crippen LogP contribution in [-0.4, -0.2) is 34.7 Å². The molecule has 0 N–H and O–H groups in total. The Labute approximate surface area is 152 Å². The van der Waals surface area contributed by atoms with Gasteiger partial charge >= 0.3 is 0 Å². The third kappa shape index (κ3) is 3.04. The van der Waals surface area contributed by atoms with Gasteiger partial charge in [0.05, 0.1) is 12.1 Å². The van der Waals surface area contributed by atoms with Crippen LogP contribution in [0.1, 0.15) is 5.56 Å². The van der Waals surface area contributed by atoms with E-state index in [1.807, 2.05) is 42.6 Å². The highest BCUT2D eigenvalue weighted by Gasteiger charge is 2.10. The van der Waals surface area contributed by atoms with E-state index in [2.05, 4.69) is 48.0 Å². The molecule has 0 bridgehead atoms. The minimum absolute atomic E-state index is 0.0635. The smallest absolute Gasteiger partial charge is 0.258 e. The number of aromatic nitrogens is 2. The molecule has 4 aromatic rings. The monoisotopic (exact) mass is 345 g/mol. The van der Waals surface area contributed by atoms with E-state index < -0.39 is 0 Å². The molecule has 4 heteroatoms. The average Bonchev–Trinajstić information content (AvgIpc) is 3.06. The molecule has 2 aromatic carbocycles. The number of benzene rings is 2. The van der Waals surface area contributed by atoms with Gasteiger partial charge < -0.3 is 14.0 Å². The maximum atomic E-state index is 13.0. The number of hydrogen-bond acceptors (Lipinski definition) is 2. The number of hydrogen-bond donors (Lipinski definition) is 0. The van der Waals surface area contributed by atoms with Gasteiger partial charge in [-0.15, -0.1) is 0 Å². The van der Waals surface area contributed by atoms with Crippen molar-refractivity contribution in [2.24, 2.45) is 0 Å². The van der Waals surface area contributed by atoms with E-state index in [0.717, 1.165) is 34.9 Å². The molecule has 2 aromatic heterocycles. The first-order chi connectivity index (χ1) is 12.6. The van der Waals surface area contributed by atoms with Crippen LogP contribution in [0.15, 0.2) is 71.8 Å². The normalized spacial score (nSPS) is 11.7. The lowest BCUT2D eigenvalue weighted by Gasteiger charge is -2.13. The van der Waals surface area contributed by atoms with Crippen LogP contribution in [0.3, 0.4) is 0 Å². The molecule has 4 rings (SSSR count). The van der Waals surface area contributed by atoms with Gasteiger partial charge in [0, 0.05) is 41.6 Å². The molecule has 26 heavy (non-hydrogen) atoms. The van der Waals surface area contributed by atoms with Crippen molar-refractivity contribution < 1.29 is 0 Å². The summed E-state index contributed by atoms with van der Waals surface area (Å²) in [5.74, 6) is 0. The number of pyridine rings is 1. The van der Waals surface area contributed by atoms with Gasteiger partial charge in [0.1, 0.15) is 0 Å². The lowest BCUT2D eigenvalue weighted by Crippen LogP contribution is -2.20. The molecule has 0 radical (unpaired) electrons. The molecule has 0 fully saturated rings. The van der Waals surface area contributed by atoms with Crippen molar-refractivity contribution in [1.29, 1.82) is 0 Å². The van der Waals surface area contributed by atoms with Gasteiger partial charge in [-0.1, -0.05) is 36.4 Å². The van der Waals surface area contributed by atoms with Crippen LogP contribution < -0.4 is 5.56 Å². The SMILES string of the molecule is CN(C)CCn1ccc2ccc3c(=O)n(Cc4ccccc4)ccc3c21. The van der Waals surface area contributed by atoms with Crippen molar-refractivity contribution in [3.8, 4) is 0 Å². The Morgan fingerprint density at radius 2 is 1.62 bits per heavy atom. The van der Waals surface area contributed by atoms with Crippen LogP contribution in [0.5, 0.6) is 0 Å². The third-order valence-corrected chi connectivity index (χ3v) is 4.87. The fourth-order valence-electron chi connectivity index (χ4n) is 3.47. The topological polar surface area (TPSA) is 30.2 Å². The van der Waals surface area contributed by atoms with E-state index in [-0.39, 0.29) is 5.56 Å². The molecule has 4 nitrogen and oxygen atoms in total. The first kappa shape index (κ1) is 16.6. The Morgan fingerprint density at radius 3 is 2.38 bits per heavy atom. The minimum atomic E-state index is 0.0635. The highest BCUT2D eigenvalue weighted by Crippen LogP contribution is 2.24. The van der Waals surface area contributed by atoms with Gasteiger partial charge in [0.25, 0.3) is 5.56 Å². The van der Waals surface area contributed by atoms with Gasteiger partial charge in [-0.3, -0.25) is 4.79 Å². The van der Waals surface area contributed by atoms with E-state index >= 15 is 0 Å². The van der Waals surface area contributed by atoms with Crippen LogP contribution in [0, 0.1) is 0 Å². The number of likely N-dealkylation sites (N-methyl/N-ethyl adjacent to an activating group) is 1. The van der Waals surface area contributed by atoms with E-state index in [4.69, 9.17) is 0 Å². The zero-order valence-corrected chi connectivity index (χ0v) is 15.2. The largest absolute Gasteiger partial charge is 0.346 e. The molecule has 0 spiro atoms. The molecule has 0 aliphatic carbocycles. The second-order valence-electron chi connectivity index (χ2n) is 7.01. The van der Waals surface area contributed by atoms with E-state index in [0.29, 0.717) is 6.54 Å². The second kappa shape index (κ2) is 6.81. The van der Waals surface area contributed by atoms with Gasteiger partial charge in [0.2, 0.25) is 0 Å². The zero-order valence-electron chi connectivity index (χ0n) is 15.2. The number of nitrogens with zero attached hydrogens (tertiary/aromatic N) is 3. The molecule has 0 unspecified atom stereocenters. The summed E-state index contributed by atoms with van der Waals surface area (Å²) in [5, 5.41) is 2.98. The van der Waals surface area contributed by atoms with Gasteiger partial charge in [-0.05, 0) is 37.9 Å². The predicted molar refractivity (Wildman–Crippen MR) is 108 cm³/mol. The Balaban J connectivity index is 1.81. The summed E-state index contributed by atoms with van der Waals surface area (Å²) in [5.41, 5.74) is 2.34. The standard InChI is InChI=1S/C22H23N3O/c1-23(2)14-15-24-12-10-18-8-9-20-19(21(18)24)11-13-25(22(20)26)16-17-6-4-3-5-7-17/h3-13H,14-16H2,1-2H3. The summed E-state index contributed by atoms with van der Waals surface area (Å²) in [6.45, 7) is 2.46. The summed E-state index contributed by atoms with van der Waals surface area (Å²) >= 11 is 0. The number of rotatable bonds is 5. The van der Waals surface area contributed by atoms with Gasteiger partial charge in [-0.2, -0.15) is 0 Å². The van der Waals surface area contributed by atoms with Crippen LogP contribution in [0.2, 0.25) is 0 Å². The summed E-state index contributed by atoms with van der Waals surface area (Å²) < 4.78 is 4.04. The van der Waals surface area contributed by atoms with E-state index in [9.17, 15) is 4.79 Å². The maximum Gasteiger partial charge on any atom is 0.258 e. The van der Waals surface area contributed by atoms with Crippen molar-refractivity contribution in [3.05, 3.63) is 82.9 Å². The highest BCUT2D eigenvalue weighted by atomic mass is 16.1. The van der Waals surface area contributed by atoms with Crippen molar-refractivity contribution in [3.63, 3.8) is 0 Å². The van der Waals surface area contributed by atoms with Crippen LogP contribution in [-0.2, 0) is 13.1 Å². The molecule has 0 atom stereocenters. The molecule has 0 amide bonds. The maximum absolute atomic E-state index is 13.0. The Morgan fingerprint density at radius 1 is 0.846 bits per heavy atom. The summed E-state index contributed by atoms with van der Waals surface area (Å²) in [4.78, 5) is 15.2. The predicted octanol–water partition coefficient (Wildman–Crippen LogP) is 3.57.